The fourth-order valence-corrected chi connectivity index (χ4v) is 4.85. The van der Waals surface area contributed by atoms with Gasteiger partial charge in [-0.05, 0) is 43.5 Å². The van der Waals surface area contributed by atoms with E-state index in [9.17, 15) is 9.18 Å². The van der Waals surface area contributed by atoms with Crippen LogP contribution in [0.4, 0.5) is 10.3 Å². The summed E-state index contributed by atoms with van der Waals surface area (Å²) in [6.45, 7) is 4.32. The number of hydrogen-bond donors (Lipinski definition) is 1. The molecule has 1 saturated heterocycles. The first kappa shape index (κ1) is 21.5. The molecule has 0 radical (unpaired) electrons. The topological polar surface area (TPSA) is 97.5 Å². The molecule has 178 valence electrons. The molecule has 0 bridgehead atoms. The van der Waals surface area contributed by atoms with Crippen molar-refractivity contribution >= 4 is 17.5 Å². The van der Waals surface area contributed by atoms with Crippen molar-refractivity contribution in [2.45, 2.75) is 32.7 Å². The molecule has 5 heterocycles. The Labute approximate surface area is 201 Å². The number of carbonyl (C=O) groups is 1. The Morgan fingerprint density at radius 2 is 2.00 bits per heavy atom. The van der Waals surface area contributed by atoms with Crippen LogP contribution >= 0.6 is 0 Å². The highest BCUT2D eigenvalue weighted by Gasteiger charge is 2.23. The van der Waals surface area contributed by atoms with Gasteiger partial charge in [-0.15, -0.1) is 10.2 Å². The van der Waals surface area contributed by atoms with Crippen molar-refractivity contribution in [3.05, 3.63) is 65.1 Å². The van der Waals surface area contributed by atoms with E-state index >= 15 is 0 Å². The Morgan fingerprint density at radius 1 is 1.17 bits per heavy atom. The monoisotopic (exact) mass is 473 g/mol. The molecule has 0 spiro atoms. The van der Waals surface area contributed by atoms with Gasteiger partial charge in [0.25, 0.3) is 5.91 Å². The van der Waals surface area contributed by atoms with E-state index in [0.717, 1.165) is 53.9 Å². The average molecular weight is 474 g/mol. The Kier molecular flexibility index (Phi) is 5.28. The third-order valence-corrected chi connectivity index (χ3v) is 6.71. The number of carbonyl (C=O) groups excluding carboxylic acids is 1. The summed E-state index contributed by atoms with van der Waals surface area (Å²) in [5, 5.41) is 11.6. The van der Waals surface area contributed by atoms with E-state index in [0.29, 0.717) is 35.9 Å². The van der Waals surface area contributed by atoms with E-state index in [1.165, 1.54) is 6.07 Å². The molecule has 2 aliphatic rings. The third-order valence-electron chi connectivity index (χ3n) is 6.71. The molecule has 0 saturated carbocycles. The molecular formula is C25H24FN7O2. The molecule has 2 aliphatic heterocycles. The Morgan fingerprint density at radius 3 is 2.83 bits per heavy atom. The number of amides is 1. The van der Waals surface area contributed by atoms with Crippen molar-refractivity contribution in [1.82, 2.24) is 29.5 Å². The molecule has 1 N–H and O–H groups in total. The number of aromatic nitrogens is 5. The minimum absolute atomic E-state index is 0.0347. The summed E-state index contributed by atoms with van der Waals surface area (Å²) < 4.78 is 21.8. The smallest absolute Gasteiger partial charge is 0.272 e. The number of halogens is 1. The van der Waals surface area contributed by atoms with E-state index in [1.807, 2.05) is 17.9 Å². The quantitative estimate of drug-likeness (QED) is 0.474. The third kappa shape index (κ3) is 3.74. The molecule has 1 aromatic carbocycles. The van der Waals surface area contributed by atoms with Crippen LogP contribution in [-0.4, -0.2) is 55.1 Å². The van der Waals surface area contributed by atoms with Crippen LogP contribution in [-0.2, 0) is 13.0 Å². The number of ether oxygens (including phenoxy) is 1. The highest BCUT2D eigenvalue weighted by atomic mass is 19.1. The van der Waals surface area contributed by atoms with Crippen LogP contribution in [0.5, 0.6) is 5.75 Å². The van der Waals surface area contributed by atoms with Gasteiger partial charge in [-0.1, -0.05) is 0 Å². The molecule has 9 nitrogen and oxygen atoms in total. The van der Waals surface area contributed by atoms with Crippen molar-refractivity contribution in [3.63, 3.8) is 0 Å². The number of likely N-dealkylation sites (tertiary alicyclic amines) is 1. The Hall–Kier alpha value is -4.08. The second-order valence-electron chi connectivity index (χ2n) is 8.86. The zero-order valence-corrected chi connectivity index (χ0v) is 19.3. The molecule has 0 atom stereocenters. The molecule has 0 unspecified atom stereocenters. The highest BCUT2D eigenvalue weighted by Crippen LogP contribution is 2.31. The van der Waals surface area contributed by atoms with E-state index in [1.54, 1.807) is 29.2 Å². The summed E-state index contributed by atoms with van der Waals surface area (Å²) in [6, 6.07) is 4.92. The van der Waals surface area contributed by atoms with Crippen molar-refractivity contribution < 1.29 is 13.9 Å². The highest BCUT2D eigenvalue weighted by molar-refractivity contribution is 5.93. The number of benzene rings is 1. The van der Waals surface area contributed by atoms with Crippen LogP contribution in [0.1, 0.15) is 40.0 Å². The van der Waals surface area contributed by atoms with Crippen LogP contribution in [0.2, 0.25) is 0 Å². The van der Waals surface area contributed by atoms with Crippen LogP contribution in [0.3, 0.4) is 0 Å². The first-order chi connectivity index (χ1) is 17.1. The lowest BCUT2D eigenvalue weighted by Gasteiger charge is -2.16. The van der Waals surface area contributed by atoms with Crippen LogP contribution in [0.25, 0.3) is 16.8 Å². The number of aryl methyl sites for hydroxylation is 1. The molecule has 10 heteroatoms. The van der Waals surface area contributed by atoms with E-state index in [4.69, 9.17) is 4.74 Å². The number of fused-ring (bicyclic) bond motifs is 2. The van der Waals surface area contributed by atoms with Gasteiger partial charge in [0.05, 0.1) is 6.61 Å². The maximum atomic E-state index is 14.5. The summed E-state index contributed by atoms with van der Waals surface area (Å²) in [6.07, 6.45) is 7.71. The number of pyridine rings is 1. The predicted octanol–water partition coefficient (Wildman–Crippen LogP) is 3.42. The molecule has 35 heavy (non-hydrogen) atoms. The van der Waals surface area contributed by atoms with Gasteiger partial charge in [0.15, 0.2) is 5.65 Å². The molecule has 3 aromatic heterocycles. The second kappa shape index (κ2) is 8.61. The number of hydrogen-bond acceptors (Lipinski definition) is 7. The number of nitrogens with zero attached hydrogens (tertiary/aromatic N) is 6. The SMILES string of the molecule is Cc1cc(C(=O)N2CCCC2)ncc1-c1cnc(NCc2c(F)ccc3c2CCO3)n2cnnc12. The summed E-state index contributed by atoms with van der Waals surface area (Å²) in [7, 11) is 0. The first-order valence-corrected chi connectivity index (χ1v) is 11.7. The van der Waals surface area contributed by atoms with Crippen molar-refractivity contribution in [2.24, 2.45) is 0 Å². The van der Waals surface area contributed by atoms with Gasteiger partial charge in [-0.3, -0.25) is 14.2 Å². The minimum Gasteiger partial charge on any atom is -0.493 e. The van der Waals surface area contributed by atoms with Crippen molar-refractivity contribution in [2.75, 3.05) is 25.0 Å². The van der Waals surface area contributed by atoms with Gasteiger partial charge in [-0.2, -0.15) is 0 Å². The molecule has 4 aromatic rings. The van der Waals surface area contributed by atoms with Crippen LogP contribution < -0.4 is 10.1 Å². The summed E-state index contributed by atoms with van der Waals surface area (Å²) in [5.41, 5.74) is 4.97. The van der Waals surface area contributed by atoms with Gasteiger partial charge in [0, 0.05) is 60.7 Å². The fraction of sp³-hybridized carbons (Fsp3) is 0.320. The average Bonchev–Trinajstić information content (AvgIpc) is 3.65. The van der Waals surface area contributed by atoms with Gasteiger partial charge in [-0.25, -0.2) is 9.37 Å². The Bertz CT molecular complexity index is 1450. The molecular weight excluding hydrogens is 449 g/mol. The lowest BCUT2D eigenvalue weighted by molar-refractivity contribution is 0.0787. The zero-order valence-electron chi connectivity index (χ0n) is 19.3. The molecule has 6 rings (SSSR count). The second-order valence-corrected chi connectivity index (χ2v) is 8.86. The zero-order chi connectivity index (χ0) is 23.9. The number of rotatable bonds is 5. The lowest BCUT2D eigenvalue weighted by Crippen LogP contribution is -2.28. The maximum absolute atomic E-state index is 14.5. The largest absolute Gasteiger partial charge is 0.493 e. The standard InChI is InChI=1S/C25H24FN7O2/c1-15-10-21(24(34)32-7-2-3-8-32)27-11-17(15)19-13-29-25(33-14-30-31-23(19)33)28-12-18-16-6-9-35-22(16)5-4-20(18)26/h4-5,10-11,13-14H,2-3,6-9,12H2,1H3,(H,28,29). The lowest BCUT2D eigenvalue weighted by atomic mass is 10.0. The van der Waals surface area contributed by atoms with E-state index < -0.39 is 0 Å². The van der Waals surface area contributed by atoms with Crippen LogP contribution in [0.15, 0.2) is 36.9 Å². The van der Waals surface area contributed by atoms with Crippen LogP contribution in [0, 0.1) is 12.7 Å². The summed E-state index contributed by atoms with van der Waals surface area (Å²) in [5.74, 6) is 0.919. The van der Waals surface area contributed by atoms with Gasteiger partial charge < -0.3 is 15.0 Å². The predicted molar refractivity (Wildman–Crippen MR) is 127 cm³/mol. The van der Waals surface area contributed by atoms with E-state index in [2.05, 4.69) is 25.5 Å². The van der Waals surface area contributed by atoms with Gasteiger partial charge in [0.1, 0.15) is 23.6 Å². The minimum atomic E-state index is -0.274. The molecule has 1 fully saturated rings. The van der Waals surface area contributed by atoms with Crippen molar-refractivity contribution in [1.29, 1.82) is 0 Å². The maximum Gasteiger partial charge on any atom is 0.272 e. The Balaban J connectivity index is 1.29. The van der Waals surface area contributed by atoms with Gasteiger partial charge in [0.2, 0.25) is 5.95 Å². The summed E-state index contributed by atoms with van der Waals surface area (Å²) >= 11 is 0. The normalized spacial score (nSPS) is 14.9. The number of anilines is 1. The van der Waals surface area contributed by atoms with Crippen molar-refractivity contribution in [3.8, 4) is 16.9 Å². The molecule has 0 aliphatic carbocycles. The molecule has 1 amide bonds. The number of nitrogens with one attached hydrogen (secondary N) is 1. The summed E-state index contributed by atoms with van der Waals surface area (Å²) in [4.78, 5) is 23.6. The first-order valence-electron chi connectivity index (χ1n) is 11.7. The van der Waals surface area contributed by atoms with E-state index in [-0.39, 0.29) is 18.3 Å². The fourth-order valence-electron chi connectivity index (χ4n) is 4.85. The van der Waals surface area contributed by atoms with Gasteiger partial charge >= 0.3 is 0 Å².